The highest BCUT2D eigenvalue weighted by Crippen LogP contribution is 2.30. The molecule has 2 saturated heterocycles. The van der Waals surface area contributed by atoms with Gasteiger partial charge in [-0.2, -0.15) is 0 Å². The van der Waals surface area contributed by atoms with Gasteiger partial charge in [0.05, 0.1) is 6.61 Å². The lowest BCUT2D eigenvalue weighted by atomic mass is 9.84. The van der Waals surface area contributed by atoms with Gasteiger partial charge in [-0.05, 0) is 38.8 Å². The maximum Gasteiger partial charge on any atom is 0.332 e. The first-order valence-electron chi connectivity index (χ1n) is 6.70. The molecule has 2 fully saturated rings. The minimum atomic E-state index is -0.236. The maximum atomic E-state index is 11.3. The fourth-order valence-electron chi connectivity index (χ4n) is 3.13. The molecule has 0 aromatic carbocycles. The first kappa shape index (κ1) is 12.8. The van der Waals surface area contributed by atoms with E-state index in [1.165, 1.54) is 52.3 Å². The standard InChI is InChI=1S/C13H23NO3/c1-16-10-13(15)17-9-11-5-4-8-14-7-3-2-6-12(11)14/h11-12H,2-10H2,1H3. The number of carbonyl (C=O) groups excluding carboxylic acids is 1. The number of hydrogen-bond donors (Lipinski definition) is 0. The molecule has 2 rings (SSSR count). The first-order valence-corrected chi connectivity index (χ1v) is 6.70. The molecule has 2 atom stereocenters. The normalized spacial score (nSPS) is 29.7. The van der Waals surface area contributed by atoms with Crippen LogP contribution in [0.2, 0.25) is 0 Å². The number of hydrogen-bond acceptors (Lipinski definition) is 4. The predicted molar refractivity (Wildman–Crippen MR) is 64.8 cm³/mol. The van der Waals surface area contributed by atoms with Crippen molar-refractivity contribution in [2.24, 2.45) is 5.92 Å². The predicted octanol–water partition coefficient (Wildman–Crippen LogP) is 1.44. The molecule has 0 amide bonds. The van der Waals surface area contributed by atoms with Crippen LogP contribution in [0.5, 0.6) is 0 Å². The number of fused-ring (bicyclic) bond motifs is 1. The van der Waals surface area contributed by atoms with Crippen molar-refractivity contribution in [2.45, 2.75) is 38.1 Å². The van der Waals surface area contributed by atoms with Crippen LogP contribution in [0.15, 0.2) is 0 Å². The molecule has 4 heteroatoms. The molecule has 98 valence electrons. The van der Waals surface area contributed by atoms with Crippen LogP contribution >= 0.6 is 0 Å². The Kier molecular flexibility index (Phi) is 4.80. The molecule has 2 heterocycles. The van der Waals surface area contributed by atoms with E-state index in [9.17, 15) is 4.79 Å². The van der Waals surface area contributed by atoms with E-state index in [1.54, 1.807) is 0 Å². The van der Waals surface area contributed by atoms with E-state index in [-0.39, 0.29) is 12.6 Å². The molecule has 17 heavy (non-hydrogen) atoms. The summed E-state index contributed by atoms with van der Waals surface area (Å²) in [5, 5.41) is 0. The maximum absolute atomic E-state index is 11.3. The zero-order valence-corrected chi connectivity index (χ0v) is 10.7. The molecule has 2 aliphatic heterocycles. The Bertz CT molecular complexity index is 255. The third-order valence-corrected chi connectivity index (χ3v) is 3.95. The minimum absolute atomic E-state index is 0.0705. The molecule has 0 bridgehead atoms. The number of methoxy groups -OCH3 is 1. The summed E-state index contributed by atoms with van der Waals surface area (Å²) in [5.74, 6) is 0.297. The van der Waals surface area contributed by atoms with Crippen molar-refractivity contribution in [2.75, 3.05) is 33.4 Å². The van der Waals surface area contributed by atoms with Gasteiger partial charge in [0.2, 0.25) is 0 Å². The van der Waals surface area contributed by atoms with Gasteiger partial charge in [0.1, 0.15) is 6.61 Å². The molecule has 0 saturated carbocycles. The highest BCUT2D eigenvalue weighted by atomic mass is 16.6. The Morgan fingerprint density at radius 2 is 2.06 bits per heavy atom. The summed E-state index contributed by atoms with van der Waals surface area (Å²) in [6.07, 6.45) is 6.35. The lowest BCUT2D eigenvalue weighted by Gasteiger charge is -2.44. The van der Waals surface area contributed by atoms with Gasteiger partial charge in [0, 0.05) is 19.1 Å². The fourth-order valence-corrected chi connectivity index (χ4v) is 3.13. The Morgan fingerprint density at radius 3 is 2.88 bits per heavy atom. The molecule has 2 unspecified atom stereocenters. The summed E-state index contributed by atoms with van der Waals surface area (Å²) >= 11 is 0. The molecular weight excluding hydrogens is 218 g/mol. The van der Waals surface area contributed by atoms with Crippen molar-refractivity contribution in [1.82, 2.24) is 4.90 Å². The zero-order chi connectivity index (χ0) is 12.1. The van der Waals surface area contributed by atoms with Crippen LogP contribution in [0.3, 0.4) is 0 Å². The van der Waals surface area contributed by atoms with Crippen molar-refractivity contribution >= 4 is 5.97 Å². The summed E-state index contributed by atoms with van der Waals surface area (Å²) in [7, 11) is 1.52. The molecule has 0 N–H and O–H groups in total. The average Bonchev–Trinajstić information content (AvgIpc) is 2.36. The lowest BCUT2D eigenvalue weighted by Crippen LogP contribution is -2.49. The van der Waals surface area contributed by atoms with Crippen LogP contribution in [0.4, 0.5) is 0 Å². The SMILES string of the molecule is COCC(=O)OCC1CCCN2CCCCC12. The molecule has 0 aromatic rings. The van der Waals surface area contributed by atoms with Crippen molar-refractivity contribution in [3.8, 4) is 0 Å². The summed E-state index contributed by atoms with van der Waals surface area (Å²) < 4.78 is 10.0. The van der Waals surface area contributed by atoms with E-state index in [1.807, 2.05) is 0 Å². The number of nitrogens with zero attached hydrogens (tertiary/aromatic N) is 1. The minimum Gasteiger partial charge on any atom is -0.464 e. The highest BCUT2D eigenvalue weighted by molar-refractivity contribution is 5.70. The van der Waals surface area contributed by atoms with Crippen LogP contribution in [0.25, 0.3) is 0 Å². The summed E-state index contributed by atoms with van der Waals surface area (Å²) in [5.41, 5.74) is 0. The second-order valence-corrected chi connectivity index (χ2v) is 5.12. The quantitative estimate of drug-likeness (QED) is 0.698. The fraction of sp³-hybridized carbons (Fsp3) is 0.923. The Labute approximate surface area is 103 Å². The van der Waals surface area contributed by atoms with Gasteiger partial charge in [0.25, 0.3) is 0 Å². The highest BCUT2D eigenvalue weighted by Gasteiger charge is 2.33. The first-order chi connectivity index (χ1) is 8.31. The topological polar surface area (TPSA) is 38.8 Å². The Balaban J connectivity index is 1.80. The van der Waals surface area contributed by atoms with Gasteiger partial charge in [-0.1, -0.05) is 6.42 Å². The molecule has 2 aliphatic rings. The largest absolute Gasteiger partial charge is 0.464 e. The zero-order valence-electron chi connectivity index (χ0n) is 10.7. The van der Waals surface area contributed by atoms with Crippen LogP contribution in [0, 0.1) is 5.92 Å². The monoisotopic (exact) mass is 241 g/mol. The smallest absolute Gasteiger partial charge is 0.332 e. The van der Waals surface area contributed by atoms with Crippen LogP contribution in [-0.4, -0.2) is 50.3 Å². The van der Waals surface area contributed by atoms with Crippen LogP contribution in [-0.2, 0) is 14.3 Å². The second-order valence-electron chi connectivity index (χ2n) is 5.12. The number of ether oxygens (including phenoxy) is 2. The van der Waals surface area contributed by atoms with E-state index < -0.39 is 0 Å². The molecule has 0 radical (unpaired) electrons. The van der Waals surface area contributed by atoms with Crippen molar-refractivity contribution in [1.29, 1.82) is 0 Å². The van der Waals surface area contributed by atoms with E-state index in [0.717, 1.165) is 0 Å². The number of esters is 1. The number of piperidine rings is 2. The van der Waals surface area contributed by atoms with Crippen LogP contribution < -0.4 is 0 Å². The van der Waals surface area contributed by atoms with Crippen molar-refractivity contribution in [3.05, 3.63) is 0 Å². The Hall–Kier alpha value is -0.610. The van der Waals surface area contributed by atoms with E-state index in [4.69, 9.17) is 9.47 Å². The number of carbonyl (C=O) groups is 1. The summed E-state index contributed by atoms with van der Waals surface area (Å²) in [6, 6.07) is 0.646. The lowest BCUT2D eigenvalue weighted by molar-refractivity contribution is -0.150. The third-order valence-electron chi connectivity index (χ3n) is 3.95. The Morgan fingerprint density at radius 1 is 1.24 bits per heavy atom. The molecule has 0 spiro atoms. The van der Waals surface area contributed by atoms with Crippen molar-refractivity contribution < 1.29 is 14.3 Å². The van der Waals surface area contributed by atoms with Gasteiger partial charge in [0.15, 0.2) is 0 Å². The van der Waals surface area contributed by atoms with E-state index in [2.05, 4.69) is 4.90 Å². The van der Waals surface area contributed by atoms with Gasteiger partial charge in [-0.3, -0.25) is 4.90 Å². The second kappa shape index (κ2) is 6.36. The summed E-state index contributed by atoms with van der Waals surface area (Å²) in [6.45, 7) is 3.10. The molecule has 4 nitrogen and oxygen atoms in total. The third kappa shape index (κ3) is 3.42. The van der Waals surface area contributed by atoms with E-state index in [0.29, 0.717) is 18.6 Å². The molecule has 0 aliphatic carbocycles. The molecular formula is C13H23NO3. The van der Waals surface area contributed by atoms with Gasteiger partial charge >= 0.3 is 5.97 Å². The molecule has 0 aromatic heterocycles. The average molecular weight is 241 g/mol. The number of rotatable bonds is 4. The van der Waals surface area contributed by atoms with Crippen LogP contribution in [0.1, 0.15) is 32.1 Å². The van der Waals surface area contributed by atoms with Gasteiger partial charge in [-0.15, -0.1) is 0 Å². The summed E-state index contributed by atoms with van der Waals surface area (Å²) in [4.78, 5) is 13.9. The van der Waals surface area contributed by atoms with Crippen molar-refractivity contribution in [3.63, 3.8) is 0 Å². The van der Waals surface area contributed by atoms with Gasteiger partial charge < -0.3 is 9.47 Å². The van der Waals surface area contributed by atoms with E-state index >= 15 is 0 Å². The van der Waals surface area contributed by atoms with Gasteiger partial charge in [-0.25, -0.2) is 4.79 Å².